The van der Waals surface area contributed by atoms with Crippen LogP contribution < -0.4 is 9.47 Å². The van der Waals surface area contributed by atoms with Gasteiger partial charge in [0.25, 0.3) is 0 Å². The molecular weight excluding hydrogens is 240 g/mol. The largest absolute Gasteiger partial charge is 0.497 e. The normalized spacial score (nSPS) is 21.7. The minimum Gasteiger partial charge on any atom is -0.497 e. The smallest absolute Gasteiger partial charge is 0.170 e. The van der Waals surface area contributed by atoms with Crippen molar-refractivity contribution in [3.8, 4) is 11.5 Å². The molecular formula is C16H22O3. The third kappa shape index (κ3) is 3.09. The van der Waals surface area contributed by atoms with E-state index in [4.69, 9.17) is 9.47 Å². The molecule has 1 aromatic carbocycles. The second-order valence-corrected chi connectivity index (χ2v) is 5.47. The fourth-order valence-electron chi connectivity index (χ4n) is 2.57. The van der Waals surface area contributed by atoms with Crippen LogP contribution in [0.25, 0.3) is 0 Å². The monoisotopic (exact) mass is 262 g/mol. The number of rotatable bonds is 5. The van der Waals surface area contributed by atoms with Gasteiger partial charge in [-0.3, -0.25) is 4.79 Å². The van der Waals surface area contributed by atoms with Gasteiger partial charge in [-0.05, 0) is 31.9 Å². The van der Waals surface area contributed by atoms with Gasteiger partial charge < -0.3 is 9.47 Å². The molecule has 1 aromatic rings. The number of carbonyl (C=O) groups is 1. The summed E-state index contributed by atoms with van der Waals surface area (Å²) < 4.78 is 11.3. The Kier molecular flexibility index (Phi) is 4.13. The summed E-state index contributed by atoms with van der Waals surface area (Å²) in [5.41, 5.74) is 0.305. The van der Waals surface area contributed by atoms with Crippen molar-refractivity contribution < 1.29 is 14.3 Å². The molecule has 1 unspecified atom stereocenters. The Morgan fingerprint density at radius 2 is 2.16 bits per heavy atom. The van der Waals surface area contributed by atoms with Crippen LogP contribution in [-0.2, 0) is 0 Å². The Hall–Kier alpha value is -1.51. The van der Waals surface area contributed by atoms with E-state index in [2.05, 4.69) is 6.92 Å². The molecule has 1 aliphatic heterocycles. The lowest BCUT2D eigenvalue weighted by molar-refractivity contribution is 0.0452. The Balaban J connectivity index is 2.19. The summed E-state index contributed by atoms with van der Waals surface area (Å²) in [6, 6.07) is 5.41. The highest BCUT2D eigenvalue weighted by atomic mass is 16.5. The van der Waals surface area contributed by atoms with Gasteiger partial charge in [-0.2, -0.15) is 0 Å². The number of fused-ring (bicyclic) bond motifs is 1. The predicted molar refractivity (Wildman–Crippen MR) is 75.1 cm³/mol. The van der Waals surface area contributed by atoms with Crippen molar-refractivity contribution in [3.63, 3.8) is 0 Å². The lowest BCUT2D eigenvalue weighted by Gasteiger charge is -2.35. The number of carbonyl (C=O) groups excluding carboxylic acids is 1. The maximum Gasteiger partial charge on any atom is 0.170 e. The first-order valence-corrected chi connectivity index (χ1v) is 6.98. The first-order valence-electron chi connectivity index (χ1n) is 6.98. The van der Waals surface area contributed by atoms with Crippen molar-refractivity contribution in [2.75, 3.05) is 7.11 Å². The molecule has 0 saturated heterocycles. The van der Waals surface area contributed by atoms with Crippen molar-refractivity contribution in [2.45, 2.75) is 51.6 Å². The van der Waals surface area contributed by atoms with E-state index in [0.717, 1.165) is 18.6 Å². The zero-order valence-corrected chi connectivity index (χ0v) is 12.0. The van der Waals surface area contributed by atoms with Crippen LogP contribution in [-0.4, -0.2) is 18.5 Å². The predicted octanol–water partition coefficient (Wildman–Crippen LogP) is 4.00. The summed E-state index contributed by atoms with van der Waals surface area (Å²) in [5, 5.41) is 0. The molecule has 0 bridgehead atoms. The molecule has 19 heavy (non-hydrogen) atoms. The van der Waals surface area contributed by atoms with E-state index < -0.39 is 0 Å². The SMILES string of the molecule is CCCCCC1(C)CC(=O)c2ccc(OC)cc2O1. The van der Waals surface area contributed by atoms with E-state index >= 15 is 0 Å². The molecule has 0 spiro atoms. The number of methoxy groups -OCH3 is 1. The van der Waals surface area contributed by atoms with E-state index in [9.17, 15) is 4.79 Å². The van der Waals surface area contributed by atoms with Gasteiger partial charge in [0.1, 0.15) is 17.1 Å². The van der Waals surface area contributed by atoms with E-state index in [0.29, 0.717) is 17.7 Å². The highest BCUT2D eigenvalue weighted by Gasteiger charge is 2.36. The molecule has 2 rings (SSSR count). The van der Waals surface area contributed by atoms with Gasteiger partial charge in [-0.1, -0.05) is 19.8 Å². The lowest BCUT2D eigenvalue weighted by atomic mass is 9.87. The molecule has 0 saturated carbocycles. The summed E-state index contributed by atoms with van der Waals surface area (Å²) in [7, 11) is 1.62. The van der Waals surface area contributed by atoms with E-state index in [1.807, 2.05) is 13.0 Å². The Morgan fingerprint density at radius 3 is 2.84 bits per heavy atom. The highest BCUT2D eigenvalue weighted by Crippen LogP contribution is 2.37. The van der Waals surface area contributed by atoms with Gasteiger partial charge in [0.05, 0.1) is 19.1 Å². The van der Waals surface area contributed by atoms with E-state index in [-0.39, 0.29) is 11.4 Å². The standard InChI is InChI=1S/C16H22O3/c1-4-5-6-9-16(2)11-14(17)13-8-7-12(18-3)10-15(13)19-16/h7-8,10H,4-6,9,11H2,1-3H3. The minimum atomic E-state index is -0.369. The maximum absolute atomic E-state index is 12.2. The van der Waals surface area contributed by atoms with Crippen molar-refractivity contribution in [2.24, 2.45) is 0 Å². The fraction of sp³-hybridized carbons (Fsp3) is 0.562. The van der Waals surface area contributed by atoms with Gasteiger partial charge in [-0.25, -0.2) is 0 Å². The topological polar surface area (TPSA) is 35.5 Å². The molecule has 1 aliphatic rings. The zero-order chi connectivity index (χ0) is 13.9. The quantitative estimate of drug-likeness (QED) is 0.752. The molecule has 3 nitrogen and oxygen atoms in total. The van der Waals surface area contributed by atoms with Crippen molar-refractivity contribution in [3.05, 3.63) is 23.8 Å². The number of ether oxygens (including phenoxy) is 2. The molecule has 0 N–H and O–H groups in total. The molecule has 0 aliphatic carbocycles. The molecule has 0 fully saturated rings. The van der Waals surface area contributed by atoms with Crippen molar-refractivity contribution in [1.29, 1.82) is 0 Å². The maximum atomic E-state index is 12.2. The van der Waals surface area contributed by atoms with Crippen LogP contribution >= 0.6 is 0 Å². The fourth-order valence-corrected chi connectivity index (χ4v) is 2.57. The molecule has 1 heterocycles. The van der Waals surface area contributed by atoms with Crippen LogP contribution in [0.3, 0.4) is 0 Å². The first-order chi connectivity index (χ1) is 9.08. The number of unbranched alkanes of at least 4 members (excludes halogenated alkanes) is 2. The van der Waals surface area contributed by atoms with Crippen molar-refractivity contribution in [1.82, 2.24) is 0 Å². The van der Waals surface area contributed by atoms with Gasteiger partial charge in [0.15, 0.2) is 5.78 Å². The van der Waals surface area contributed by atoms with Crippen LogP contribution in [0.1, 0.15) is 56.3 Å². The Morgan fingerprint density at radius 1 is 1.37 bits per heavy atom. The lowest BCUT2D eigenvalue weighted by Crippen LogP contribution is -2.39. The van der Waals surface area contributed by atoms with Crippen molar-refractivity contribution >= 4 is 5.78 Å². The number of benzene rings is 1. The van der Waals surface area contributed by atoms with Crippen LogP contribution in [0.2, 0.25) is 0 Å². The molecule has 3 heteroatoms. The summed E-state index contributed by atoms with van der Waals surface area (Å²) in [5.74, 6) is 1.56. The number of Topliss-reactive ketones (excluding diaryl/α,β-unsaturated/α-hetero) is 1. The average molecular weight is 262 g/mol. The number of hydrogen-bond donors (Lipinski definition) is 0. The van der Waals surface area contributed by atoms with Crippen LogP contribution in [0, 0.1) is 0 Å². The molecule has 0 aromatic heterocycles. The van der Waals surface area contributed by atoms with Gasteiger partial charge in [0, 0.05) is 6.07 Å². The molecule has 104 valence electrons. The second-order valence-electron chi connectivity index (χ2n) is 5.47. The molecule has 1 atom stereocenters. The summed E-state index contributed by atoms with van der Waals surface area (Å²) >= 11 is 0. The number of hydrogen-bond acceptors (Lipinski definition) is 3. The van der Waals surface area contributed by atoms with E-state index in [1.54, 1.807) is 19.2 Å². The summed E-state index contributed by atoms with van der Waals surface area (Å²) in [4.78, 5) is 12.2. The zero-order valence-electron chi connectivity index (χ0n) is 12.0. The second kappa shape index (κ2) is 5.64. The molecule has 0 amide bonds. The number of ketones is 1. The minimum absolute atomic E-state index is 0.169. The first kappa shape index (κ1) is 13.9. The van der Waals surface area contributed by atoms with Crippen LogP contribution in [0.4, 0.5) is 0 Å². The van der Waals surface area contributed by atoms with Gasteiger partial charge in [-0.15, -0.1) is 0 Å². The van der Waals surface area contributed by atoms with Crippen LogP contribution in [0.5, 0.6) is 11.5 Å². The third-order valence-electron chi connectivity index (χ3n) is 3.69. The average Bonchev–Trinajstić information content (AvgIpc) is 2.38. The summed E-state index contributed by atoms with van der Waals surface area (Å²) in [6.07, 6.45) is 4.84. The van der Waals surface area contributed by atoms with E-state index in [1.165, 1.54) is 12.8 Å². The Bertz CT molecular complexity index is 467. The summed E-state index contributed by atoms with van der Waals surface area (Å²) in [6.45, 7) is 4.21. The van der Waals surface area contributed by atoms with Gasteiger partial charge in [0.2, 0.25) is 0 Å². The van der Waals surface area contributed by atoms with Gasteiger partial charge >= 0.3 is 0 Å². The molecule has 0 radical (unpaired) electrons. The Labute approximate surface area is 114 Å². The highest BCUT2D eigenvalue weighted by molar-refractivity contribution is 6.00. The van der Waals surface area contributed by atoms with Crippen LogP contribution in [0.15, 0.2) is 18.2 Å². The third-order valence-corrected chi connectivity index (χ3v) is 3.69.